The molecule has 0 aliphatic heterocycles. The maximum atomic E-state index is 10.00. The van der Waals surface area contributed by atoms with E-state index in [4.69, 9.17) is 9.84 Å². The van der Waals surface area contributed by atoms with Crippen LogP contribution in [-0.2, 0) is 0 Å². The maximum absolute atomic E-state index is 10.00. The molecular formula is C17H29NO3. The Hall–Kier alpha value is -1.10. The number of aliphatic hydroxyl groups excluding tert-OH is 2. The predicted octanol–water partition coefficient (Wildman–Crippen LogP) is 2.22. The molecule has 0 spiro atoms. The fourth-order valence-corrected chi connectivity index (χ4v) is 1.94. The highest BCUT2D eigenvalue weighted by Crippen LogP contribution is 2.27. The van der Waals surface area contributed by atoms with Crippen molar-refractivity contribution in [2.24, 2.45) is 0 Å². The standard InChI is InChI=1S/C17H29NO3/c1-12(2)15-7-6-13(3)8-16(15)21-10-14(20)9-18-17(4,5)11-19/h6-8,12,14,18-20H,9-11H2,1-5H3. The molecule has 3 N–H and O–H groups in total. The molecule has 0 fully saturated rings. The van der Waals surface area contributed by atoms with Gasteiger partial charge in [0, 0.05) is 12.1 Å². The third kappa shape index (κ3) is 6.04. The highest BCUT2D eigenvalue weighted by atomic mass is 16.5. The van der Waals surface area contributed by atoms with Crippen molar-refractivity contribution in [2.75, 3.05) is 19.8 Å². The Labute approximate surface area is 128 Å². The lowest BCUT2D eigenvalue weighted by Crippen LogP contribution is -2.47. The molecule has 21 heavy (non-hydrogen) atoms. The van der Waals surface area contributed by atoms with E-state index in [0.717, 1.165) is 16.9 Å². The van der Waals surface area contributed by atoms with E-state index in [9.17, 15) is 5.11 Å². The van der Waals surface area contributed by atoms with Crippen molar-refractivity contribution < 1.29 is 14.9 Å². The lowest BCUT2D eigenvalue weighted by atomic mass is 10.0. The van der Waals surface area contributed by atoms with E-state index < -0.39 is 11.6 Å². The van der Waals surface area contributed by atoms with Crippen LogP contribution in [0.3, 0.4) is 0 Å². The van der Waals surface area contributed by atoms with Crippen molar-refractivity contribution in [1.82, 2.24) is 5.32 Å². The number of nitrogens with one attached hydrogen (secondary N) is 1. The summed E-state index contributed by atoms with van der Waals surface area (Å²) in [5.74, 6) is 1.22. The van der Waals surface area contributed by atoms with E-state index in [-0.39, 0.29) is 13.2 Å². The quantitative estimate of drug-likeness (QED) is 0.688. The summed E-state index contributed by atoms with van der Waals surface area (Å²) in [5, 5.41) is 22.3. The van der Waals surface area contributed by atoms with Crippen LogP contribution >= 0.6 is 0 Å². The number of hydrogen-bond donors (Lipinski definition) is 3. The molecule has 0 saturated heterocycles. The zero-order chi connectivity index (χ0) is 16.0. The van der Waals surface area contributed by atoms with Crippen LogP contribution in [-0.4, -0.2) is 41.6 Å². The van der Waals surface area contributed by atoms with E-state index in [0.29, 0.717) is 12.5 Å². The minimum absolute atomic E-state index is 0.0238. The topological polar surface area (TPSA) is 61.7 Å². The largest absolute Gasteiger partial charge is 0.491 e. The van der Waals surface area contributed by atoms with Gasteiger partial charge < -0.3 is 20.3 Å². The average Bonchev–Trinajstić information content (AvgIpc) is 2.42. The predicted molar refractivity (Wildman–Crippen MR) is 85.9 cm³/mol. The van der Waals surface area contributed by atoms with Crippen LogP contribution in [0.25, 0.3) is 0 Å². The zero-order valence-corrected chi connectivity index (χ0v) is 13.8. The first-order chi connectivity index (χ1) is 9.75. The van der Waals surface area contributed by atoms with E-state index in [1.54, 1.807) is 0 Å². The number of benzene rings is 1. The van der Waals surface area contributed by atoms with E-state index >= 15 is 0 Å². The van der Waals surface area contributed by atoms with Crippen molar-refractivity contribution in [3.8, 4) is 5.75 Å². The summed E-state index contributed by atoms with van der Waals surface area (Å²) in [7, 11) is 0. The molecule has 1 unspecified atom stereocenters. The van der Waals surface area contributed by atoms with E-state index in [1.165, 1.54) is 0 Å². The van der Waals surface area contributed by atoms with Crippen LogP contribution in [0.5, 0.6) is 5.75 Å². The molecule has 1 rings (SSSR count). The third-order valence-electron chi connectivity index (χ3n) is 3.43. The van der Waals surface area contributed by atoms with Gasteiger partial charge in [0.25, 0.3) is 0 Å². The first kappa shape index (κ1) is 18.0. The number of hydrogen-bond acceptors (Lipinski definition) is 4. The molecule has 1 aromatic carbocycles. The van der Waals surface area contributed by atoms with Crippen molar-refractivity contribution >= 4 is 0 Å². The second-order valence-electron chi connectivity index (χ2n) is 6.58. The van der Waals surface area contributed by atoms with Crippen LogP contribution < -0.4 is 10.1 Å². The number of rotatable bonds is 8. The fourth-order valence-electron chi connectivity index (χ4n) is 1.94. The lowest BCUT2D eigenvalue weighted by Gasteiger charge is -2.25. The minimum atomic E-state index is -0.614. The monoisotopic (exact) mass is 295 g/mol. The molecule has 4 heteroatoms. The van der Waals surface area contributed by atoms with Crippen molar-refractivity contribution in [3.63, 3.8) is 0 Å². The van der Waals surface area contributed by atoms with Crippen LogP contribution in [0.2, 0.25) is 0 Å². The second kappa shape index (κ2) is 7.78. The Bertz CT molecular complexity index is 444. The molecule has 1 aromatic rings. The van der Waals surface area contributed by atoms with Gasteiger partial charge in [0.2, 0.25) is 0 Å². The summed E-state index contributed by atoms with van der Waals surface area (Å²) in [6, 6.07) is 6.16. The second-order valence-corrected chi connectivity index (χ2v) is 6.58. The highest BCUT2D eigenvalue weighted by Gasteiger charge is 2.17. The number of β-amino-alcohol motifs (C(OH)–C–C–N with tert-alkyl or cyclic N) is 1. The van der Waals surface area contributed by atoms with Crippen LogP contribution in [0.4, 0.5) is 0 Å². The van der Waals surface area contributed by atoms with Gasteiger partial charge in [-0.3, -0.25) is 0 Å². The molecule has 0 aromatic heterocycles. The first-order valence-electron chi connectivity index (χ1n) is 7.52. The molecule has 0 aliphatic carbocycles. The summed E-state index contributed by atoms with van der Waals surface area (Å²) in [4.78, 5) is 0. The Morgan fingerprint density at radius 3 is 2.52 bits per heavy atom. The average molecular weight is 295 g/mol. The molecule has 0 saturated carbocycles. The summed E-state index contributed by atoms with van der Waals surface area (Å²) in [5.41, 5.74) is 1.90. The third-order valence-corrected chi connectivity index (χ3v) is 3.43. The maximum Gasteiger partial charge on any atom is 0.123 e. The Morgan fingerprint density at radius 2 is 1.95 bits per heavy atom. The van der Waals surface area contributed by atoms with Gasteiger partial charge in [-0.05, 0) is 43.9 Å². The minimum Gasteiger partial charge on any atom is -0.491 e. The first-order valence-corrected chi connectivity index (χ1v) is 7.52. The molecular weight excluding hydrogens is 266 g/mol. The molecule has 0 amide bonds. The van der Waals surface area contributed by atoms with Gasteiger partial charge in [-0.25, -0.2) is 0 Å². The van der Waals surface area contributed by atoms with Gasteiger partial charge in [-0.15, -0.1) is 0 Å². The van der Waals surface area contributed by atoms with E-state index in [2.05, 4.69) is 31.3 Å². The Kier molecular flexibility index (Phi) is 6.65. The fraction of sp³-hybridized carbons (Fsp3) is 0.647. The Balaban J connectivity index is 2.57. The highest BCUT2D eigenvalue weighted by molar-refractivity contribution is 5.39. The number of aryl methyl sites for hydroxylation is 1. The van der Waals surface area contributed by atoms with Crippen molar-refractivity contribution in [3.05, 3.63) is 29.3 Å². The normalized spacial score (nSPS) is 13.5. The molecule has 0 radical (unpaired) electrons. The summed E-state index contributed by atoms with van der Waals surface area (Å²) >= 11 is 0. The zero-order valence-electron chi connectivity index (χ0n) is 13.8. The van der Waals surface area contributed by atoms with Crippen molar-refractivity contribution in [1.29, 1.82) is 0 Å². The van der Waals surface area contributed by atoms with Gasteiger partial charge in [-0.1, -0.05) is 26.0 Å². The molecule has 0 aliphatic rings. The van der Waals surface area contributed by atoms with Gasteiger partial charge in [-0.2, -0.15) is 0 Å². The summed E-state index contributed by atoms with van der Waals surface area (Å²) in [6.45, 7) is 10.7. The Morgan fingerprint density at radius 1 is 1.29 bits per heavy atom. The summed E-state index contributed by atoms with van der Waals surface area (Å²) in [6.07, 6.45) is -0.614. The van der Waals surface area contributed by atoms with Crippen LogP contribution in [0, 0.1) is 6.92 Å². The number of aliphatic hydroxyl groups is 2. The molecule has 1 atom stereocenters. The van der Waals surface area contributed by atoms with Gasteiger partial charge in [0.05, 0.1) is 6.61 Å². The van der Waals surface area contributed by atoms with Gasteiger partial charge >= 0.3 is 0 Å². The lowest BCUT2D eigenvalue weighted by molar-refractivity contribution is 0.0901. The van der Waals surface area contributed by atoms with Gasteiger partial charge in [0.1, 0.15) is 18.5 Å². The van der Waals surface area contributed by atoms with Gasteiger partial charge in [0.15, 0.2) is 0 Å². The van der Waals surface area contributed by atoms with Crippen molar-refractivity contribution in [2.45, 2.75) is 52.2 Å². The smallest absolute Gasteiger partial charge is 0.123 e. The van der Waals surface area contributed by atoms with Crippen LogP contribution in [0.1, 0.15) is 44.7 Å². The molecule has 4 nitrogen and oxygen atoms in total. The SMILES string of the molecule is Cc1ccc(C(C)C)c(OCC(O)CNC(C)(C)CO)c1. The molecule has 120 valence electrons. The summed E-state index contributed by atoms with van der Waals surface area (Å²) < 4.78 is 5.79. The molecule has 0 heterocycles. The van der Waals surface area contributed by atoms with E-state index in [1.807, 2.05) is 26.8 Å². The molecule has 0 bridgehead atoms. The van der Waals surface area contributed by atoms with Crippen LogP contribution in [0.15, 0.2) is 18.2 Å². The number of ether oxygens (including phenoxy) is 1.